The predicted molar refractivity (Wildman–Crippen MR) is 113 cm³/mol. The van der Waals surface area contributed by atoms with Gasteiger partial charge < -0.3 is 19.0 Å². The molecule has 0 radical (unpaired) electrons. The summed E-state index contributed by atoms with van der Waals surface area (Å²) in [4.78, 5) is 30.0. The second kappa shape index (κ2) is 9.75. The molecule has 1 aliphatic heterocycles. The van der Waals surface area contributed by atoms with Crippen molar-refractivity contribution in [2.45, 2.75) is 13.5 Å². The molecular weight excluding hydrogens is 416 g/mol. The molecule has 0 aliphatic carbocycles. The minimum Gasteiger partial charge on any atom is -0.477 e. The number of carboxylic acids is 1. The molecule has 2 aromatic heterocycles. The molecule has 10 nitrogen and oxygen atoms in total. The first kappa shape index (κ1) is 21.7. The molecule has 10 heteroatoms. The summed E-state index contributed by atoms with van der Waals surface area (Å²) in [5.41, 5.74) is 2.01. The fourth-order valence-electron chi connectivity index (χ4n) is 3.48. The van der Waals surface area contributed by atoms with E-state index in [2.05, 4.69) is 15.0 Å². The number of esters is 1. The van der Waals surface area contributed by atoms with E-state index in [1.54, 1.807) is 31.2 Å². The highest BCUT2D eigenvalue weighted by Gasteiger charge is 2.19. The molecule has 168 valence electrons. The third kappa shape index (κ3) is 4.87. The third-order valence-electron chi connectivity index (χ3n) is 5.12. The normalized spacial score (nSPS) is 14.4. The monoisotopic (exact) mass is 440 g/mol. The van der Waals surface area contributed by atoms with Crippen LogP contribution in [0.4, 0.5) is 0 Å². The fraction of sp³-hybridized carbons (Fsp3) is 0.364. The molecule has 0 amide bonds. The van der Waals surface area contributed by atoms with Gasteiger partial charge in [0.2, 0.25) is 11.7 Å². The van der Waals surface area contributed by atoms with Crippen LogP contribution in [0.1, 0.15) is 28.0 Å². The second-order valence-corrected chi connectivity index (χ2v) is 7.23. The van der Waals surface area contributed by atoms with Gasteiger partial charge in [0.05, 0.1) is 38.3 Å². The zero-order chi connectivity index (χ0) is 22.5. The molecule has 0 bridgehead atoms. The summed E-state index contributed by atoms with van der Waals surface area (Å²) in [6, 6.07) is 8.77. The quantitative estimate of drug-likeness (QED) is 0.527. The summed E-state index contributed by atoms with van der Waals surface area (Å²) >= 11 is 0. The van der Waals surface area contributed by atoms with E-state index in [-0.39, 0.29) is 24.0 Å². The van der Waals surface area contributed by atoms with Gasteiger partial charge in [-0.1, -0.05) is 12.1 Å². The van der Waals surface area contributed by atoms with E-state index in [0.717, 1.165) is 13.1 Å². The van der Waals surface area contributed by atoms with Gasteiger partial charge in [-0.05, 0) is 25.1 Å². The maximum atomic E-state index is 11.8. The maximum Gasteiger partial charge on any atom is 0.375 e. The molecule has 1 fully saturated rings. The molecule has 4 rings (SSSR count). The Kier molecular flexibility index (Phi) is 6.62. The Bertz CT molecular complexity index is 1100. The van der Waals surface area contributed by atoms with Crippen LogP contribution in [0.3, 0.4) is 0 Å². The van der Waals surface area contributed by atoms with Crippen LogP contribution in [0.25, 0.3) is 22.7 Å². The lowest BCUT2D eigenvalue weighted by Gasteiger charge is -2.26. The SMILES string of the molecule is CCOC(=O)c1cnc(-c2cccc(-c3cc(C(=O)O)n(CCN4CCOCC4)n3)c2)o1. The average molecular weight is 440 g/mol. The van der Waals surface area contributed by atoms with Crippen LogP contribution in [0.5, 0.6) is 0 Å². The van der Waals surface area contributed by atoms with Gasteiger partial charge in [0.1, 0.15) is 5.69 Å². The Balaban J connectivity index is 1.56. The van der Waals surface area contributed by atoms with Gasteiger partial charge in [0, 0.05) is 30.8 Å². The summed E-state index contributed by atoms with van der Waals surface area (Å²) in [6.45, 7) is 6.12. The maximum absolute atomic E-state index is 11.8. The summed E-state index contributed by atoms with van der Waals surface area (Å²) < 4.78 is 17.3. The van der Waals surface area contributed by atoms with Crippen molar-refractivity contribution in [1.82, 2.24) is 19.7 Å². The predicted octanol–water partition coefficient (Wildman–Crippen LogP) is 2.41. The van der Waals surface area contributed by atoms with Crippen LogP contribution in [0.15, 0.2) is 40.9 Å². The van der Waals surface area contributed by atoms with Crippen molar-refractivity contribution in [2.75, 3.05) is 39.5 Å². The number of oxazole rings is 1. The van der Waals surface area contributed by atoms with Crippen LogP contribution in [-0.2, 0) is 16.0 Å². The van der Waals surface area contributed by atoms with Gasteiger partial charge >= 0.3 is 11.9 Å². The first-order valence-electron chi connectivity index (χ1n) is 10.4. The van der Waals surface area contributed by atoms with Crippen LogP contribution in [0.2, 0.25) is 0 Å². The van der Waals surface area contributed by atoms with Gasteiger partial charge in [-0.3, -0.25) is 9.58 Å². The largest absolute Gasteiger partial charge is 0.477 e. The number of aromatic nitrogens is 3. The molecule has 0 spiro atoms. The van der Waals surface area contributed by atoms with E-state index in [1.165, 1.54) is 10.9 Å². The molecule has 0 atom stereocenters. The minimum atomic E-state index is -1.03. The summed E-state index contributed by atoms with van der Waals surface area (Å²) in [5.74, 6) is -1.32. The zero-order valence-electron chi connectivity index (χ0n) is 17.7. The number of carbonyl (C=O) groups excluding carboxylic acids is 1. The summed E-state index contributed by atoms with van der Waals surface area (Å²) in [7, 11) is 0. The number of rotatable bonds is 8. The van der Waals surface area contributed by atoms with Gasteiger partial charge in [-0.2, -0.15) is 5.10 Å². The smallest absolute Gasteiger partial charge is 0.375 e. The lowest BCUT2D eigenvalue weighted by Crippen LogP contribution is -2.38. The Hall–Kier alpha value is -3.50. The Labute approximate surface area is 184 Å². The van der Waals surface area contributed by atoms with E-state index >= 15 is 0 Å². The fourth-order valence-corrected chi connectivity index (χ4v) is 3.48. The van der Waals surface area contributed by atoms with Crippen molar-refractivity contribution >= 4 is 11.9 Å². The number of nitrogens with zero attached hydrogens (tertiary/aromatic N) is 4. The molecule has 3 aromatic rings. The van der Waals surface area contributed by atoms with Gasteiger partial charge in [0.25, 0.3) is 0 Å². The highest BCUT2D eigenvalue weighted by Crippen LogP contribution is 2.26. The molecule has 32 heavy (non-hydrogen) atoms. The molecule has 1 aliphatic rings. The number of aromatic carboxylic acids is 1. The van der Waals surface area contributed by atoms with E-state index < -0.39 is 11.9 Å². The van der Waals surface area contributed by atoms with Crippen LogP contribution >= 0.6 is 0 Å². The second-order valence-electron chi connectivity index (χ2n) is 7.23. The third-order valence-corrected chi connectivity index (χ3v) is 5.12. The highest BCUT2D eigenvalue weighted by molar-refractivity contribution is 5.88. The molecule has 1 aromatic carbocycles. The van der Waals surface area contributed by atoms with Crippen molar-refractivity contribution in [2.24, 2.45) is 0 Å². The Morgan fingerprint density at radius 3 is 2.69 bits per heavy atom. The van der Waals surface area contributed by atoms with E-state index in [0.29, 0.717) is 43.1 Å². The number of carbonyl (C=O) groups is 2. The van der Waals surface area contributed by atoms with Crippen LogP contribution in [-0.4, -0.2) is 76.2 Å². The molecule has 1 saturated heterocycles. The van der Waals surface area contributed by atoms with Gasteiger partial charge in [-0.15, -0.1) is 0 Å². The van der Waals surface area contributed by atoms with E-state index in [1.807, 2.05) is 6.07 Å². The van der Waals surface area contributed by atoms with E-state index in [4.69, 9.17) is 13.9 Å². The first-order chi connectivity index (χ1) is 15.5. The number of benzene rings is 1. The van der Waals surface area contributed by atoms with Crippen LogP contribution < -0.4 is 0 Å². The number of hydrogen-bond acceptors (Lipinski definition) is 8. The first-order valence-corrected chi connectivity index (χ1v) is 10.4. The van der Waals surface area contributed by atoms with Crippen molar-refractivity contribution in [3.8, 4) is 22.7 Å². The standard InChI is InChI=1S/C22H24N4O6/c1-2-31-22(29)19-14-23-20(32-19)16-5-3-4-15(12-16)17-13-18(21(27)28)26(24-17)7-6-25-8-10-30-11-9-25/h3-5,12-14H,2,6-11H2,1H3,(H,27,28). The minimum absolute atomic E-state index is 0.0211. The summed E-state index contributed by atoms with van der Waals surface area (Å²) in [6.07, 6.45) is 1.32. The lowest BCUT2D eigenvalue weighted by atomic mass is 10.1. The van der Waals surface area contributed by atoms with Crippen molar-refractivity contribution in [1.29, 1.82) is 0 Å². The molecule has 1 N–H and O–H groups in total. The van der Waals surface area contributed by atoms with Crippen LogP contribution in [0, 0.1) is 0 Å². The highest BCUT2D eigenvalue weighted by atomic mass is 16.5. The van der Waals surface area contributed by atoms with Gasteiger partial charge in [0.15, 0.2) is 0 Å². The molecule has 0 unspecified atom stereocenters. The number of morpholine rings is 1. The number of hydrogen-bond donors (Lipinski definition) is 1. The average Bonchev–Trinajstić information content (AvgIpc) is 3.47. The van der Waals surface area contributed by atoms with Crippen molar-refractivity contribution < 1.29 is 28.6 Å². The molecule has 3 heterocycles. The van der Waals surface area contributed by atoms with E-state index in [9.17, 15) is 14.7 Å². The van der Waals surface area contributed by atoms with Crippen molar-refractivity contribution in [3.05, 3.63) is 48.0 Å². The molecule has 0 saturated carbocycles. The Morgan fingerprint density at radius 2 is 1.94 bits per heavy atom. The van der Waals surface area contributed by atoms with Crippen molar-refractivity contribution in [3.63, 3.8) is 0 Å². The molecular formula is C22H24N4O6. The number of ether oxygens (including phenoxy) is 2. The Morgan fingerprint density at radius 1 is 1.16 bits per heavy atom. The lowest BCUT2D eigenvalue weighted by molar-refractivity contribution is 0.0356. The zero-order valence-corrected chi connectivity index (χ0v) is 17.7. The summed E-state index contributed by atoms with van der Waals surface area (Å²) in [5, 5.41) is 14.2. The van der Waals surface area contributed by atoms with Gasteiger partial charge in [-0.25, -0.2) is 14.6 Å². The topological polar surface area (TPSA) is 120 Å². The number of carboxylic acid groups (broad SMARTS) is 1.